The number of hydrogen-bond acceptors (Lipinski definition) is 3. The maximum Gasteiger partial charge on any atom is 0.175 e. The Morgan fingerprint density at radius 2 is 1.79 bits per heavy atom. The van der Waals surface area contributed by atoms with Gasteiger partial charge in [-0.15, -0.1) is 0 Å². The van der Waals surface area contributed by atoms with Gasteiger partial charge >= 0.3 is 0 Å². The third-order valence-corrected chi connectivity index (χ3v) is 5.72. The molecule has 1 saturated carbocycles. The zero-order chi connectivity index (χ0) is 17.2. The van der Waals surface area contributed by atoms with E-state index in [-0.39, 0.29) is 0 Å². The van der Waals surface area contributed by atoms with E-state index < -0.39 is 9.84 Å². The van der Waals surface area contributed by atoms with E-state index in [2.05, 4.69) is 10.7 Å². The number of aromatic nitrogens is 2. The smallest absolute Gasteiger partial charge is 0.175 e. The Balaban J connectivity index is 2.02. The summed E-state index contributed by atoms with van der Waals surface area (Å²) in [5.41, 5.74) is 3.02. The van der Waals surface area contributed by atoms with Crippen LogP contribution in [0.4, 0.5) is 0 Å². The third-order valence-electron chi connectivity index (χ3n) is 4.59. The molecule has 128 valence electrons. The van der Waals surface area contributed by atoms with Crippen molar-refractivity contribution < 1.29 is 8.42 Å². The van der Waals surface area contributed by atoms with E-state index in [1.165, 1.54) is 25.5 Å². The minimum absolute atomic E-state index is 0.351. The monoisotopic (exact) mass is 344 g/mol. The number of allylic oxidation sites excluding steroid dienone is 1. The predicted octanol–water partition coefficient (Wildman–Crippen LogP) is 4.49. The van der Waals surface area contributed by atoms with Crippen LogP contribution in [0.5, 0.6) is 0 Å². The highest BCUT2D eigenvalue weighted by atomic mass is 32.2. The molecule has 1 heterocycles. The van der Waals surface area contributed by atoms with Gasteiger partial charge in [-0.3, -0.25) is 4.68 Å². The molecule has 0 amide bonds. The van der Waals surface area contributed by atoms with Crippen molar-refractivity contribution in [2.75, 3.05) is 6.26 Å². The maximum absolute atomic E-state index is 11.7. The van der Waals surface area contributed by atoms with Gasteiger partial charge in [-0.1, -0.05) is 37.5 Å². The van der Waals surface area contributed by atoms with Crippen molar-refractivity contribution in [3.63, 3.8) is 0 Å². The lowest BCUT2D eigenvalue weighted by molar-refractivity contribution is 0.332. The summed E-state index contributed by atoms with van der Waals surface area (Å²) in [6.07, 6.45) is 11.3. The summed E-state index contributed by atoms with van der Waals surface area (Å²) in [5.74, 6) is 0. The molecule has 0 bridgehead atoms. The average Bonchev–Trinajstić information content (AvgIpc) is 2.99. The Morgan fingerprint density at radius 3 is 2.38 bits per heavy atom. The van der Waals surface area contributed by atoms with Crippen molar-refractivity contribution >= 4 is 15.9 Å². The molecule has 0 spiro atoms. The first-order chi connectivity index (χ1) is 11.5. The number of nitrogens with zero attached hydrogens (tertiary/aromatic N) is 2. The first kappa shape index (κ1) is 17.0. The molecule has 0 aliphatic heterocycles. The van der Waals surface area contributed by atoms with Gasteiger partial charge in [-0.05, 0) is 49.6 Å². The molecule has 0 atom stereocenters. The van der Waals surface area contributed by atoms with Crippen LogP contribution in [0.3, 0.4) is 0 Å². The zero-order valence-electron chi connectivity index (χ0n) is 14.3. The van der Waals surface area contributed by atoms with Gasteiger partial charge in [0.15, 0.2) is 9.84 Å². The van der Waals surface area contributed by atoms with Crippen molar-refractivity contribution in [1.29, 1.82) is 0 Å². The lowest BCUT2D eigenvalue weighted by atomic mass is 9.95. The maximum atomic E-state index is 11.7. The van der Waals surface area contributed by atoms with Crippen LogP contribution in [-0.2, 0) is 9.84 Å². The first-order valence-corrected chi connectivity index (χ1v) is 10.4. The molecule has 0 N–H and O–H groups in total. The Morgan fingerprint density at radius 1 is 1.12 bits per heavy atom. The summed E-state index contributed by atoms with van der Waals surface area (Å²) in [5, 5.41) is 4.78. The van der Waals surface area contributed by atoms with E-state index in [0.717, 1.165) is 29.8 Å². The van der Waals surface area contributed by atoms with Crippen molar-refractivity contribution in [3.05, 3.63) is 42.1 Å². The molecule has 1 aromatic heterocycles. The highest BCUT2D eigenvalue weighted by Crippen LogP contribution is 2.33. The number of benzene rings is 1. The molecule has 0 saturated heterocycles. The minimum Gasteiger partial charge on any atom is -0.261 e. The van der Waals surface area contributed by atoms with Crippen LogP contribution in [0.2, 0.25) is 0 Å². The normalized spacial score (nSPS) is 16.8. The van der Waals surface area contributed by atoms with Crippen molar-refractivity contribution in [3.8, 4) is 11.3 Å². The molecule has 1 aliphatic carbocycles. The minimum atomic E-state index is -3.17. The molecule has 2 aromatic rings. The van der Waals surface area contributed by atoms with Crippen molar-refractivity contribution in [2.24, 2.45) is 0 Å². The van der Waals surface area contributed by atoms with Crippen LogP contribution in [0.25, 0.3) is 17.3 Å². The first-order valence-electron chi connectivity index (χ1n) is 8.52. The Hall–Kier alpha value is -1.88. The third kappa shape index (κ3) is 3.61. The molecular formula is C19H24N2O2S. The van der Waals surface area contributed by atoms with E-state index in [4.69, 9.17) is 5.10 Å². The van der Waals surface area contributed by atoms with Crippen LogP contribution >= 0.6 is 0 Å². The fourth-order valence-electron chi connectivity index (χ4n) is 3.36. The van der Waals surface area contributed by atoms with Gasteiger partial charge in [-0.25, -0.2) is 8.42 Å². The van der Waals surface area contributed by atoms with Gasteiger partial charge < -0.3 is 0 Å². The summed E-state index contributed by atoms with van der Waals surface area (Å²) in [6.45, 7) is 1.99. The Bertz CT molecular complexity index is 827. The molecule has 0 radical (unpaired) electrons. The van der Waals surface area contributed by atoms with Gasteiger partial charge in [0, 0.05) is 6.26 Å². The standard InChI is InChI=1S/C19H24N2O2S/c1-3-7-16-14-19(21(20-16)17-8-5-4-6-9-17)15-10-12-18(13-11-15)24(2,22)23/h3,7,10-14,17H,4-6,8-9H2,1-2H3/b7-3+. The summed E-state index contributed by atoms with van der Waals surface area (Å²) in [4.78, 5) is 0.351. The zero-order valence-corrected chi connectivity index (χ0v) is 15.1. The molecule has 1 fully saturated rings. The SMILES string of the molecule is C/C=C/c1cc(-c2ccc(S(C)(=O)=O)cc2)n(C2CCCCC2)n1. The fourth-order valence-corrected chi connectivity index (χ4v) is 3.99. The Labute approximate surface area is 144 Å². The average molecular weight is 344 g/mol. The second-order valence-electron chi connectivity index (χ2n) is 6.49. The molecular weight excluding hydrogens is 320 g/mol. The molecule has 0 unspecified atom stereocenters. The number of sulfone groups is 1. The van der Waals surface area contributed by atoms with Crippen molar-refractivity contribution in [1.82, 2.24) is 9.78 Å². The summed E-state index contributed by atoms with van der Waals surface area (Å²) < 4.78 is 25.5. The summed E-state index contributed by atoms with van der Waals surface area (Å²) in [6, 6.07) is 9.64. The summed E-state index contributed by atoms with van der Waals surface area (Å²) >= 11 is 0. The highest BCUT2D eigenvalue weighted by Gasteiger charge is 2.20. The number of rotatable bonds is 4. The fraction of sp³-hybridized carbons (Fsp3) is 0.421. The lowest BCUT2D eigenvalue weighted by Crippen LogP contribution is -2.15. The molecule has 24 heavy (non-hydrogen) atoms. The second kappa shape index (κ2) is 6.93. The lowest BCUT2D eigenvalue weighted by Gasteiger charge is -2.24. The van der Waals surface area contributed by atoms with Gasteiger partial charge in [-0.2, -0.15) is 5.10 Å². The van der Waals surface area contributed by atoms with Crippen molar-refractivity contribution in [2.45, 2.75) is 50.0 Å². The molecule has 1 aliphatic rings. The van der Waals surface area contributed by atoms with Crippen LogP contribution in [0.15, 0.2) is 41.3 Å². The van der Waals surface area contributed by atoms with E-state index in [9.17, 15) is 8.42 Å². The van der Waals surface area contributed by atoms with Gasteiger partial charge in [0.1, 0.15) is 0 Å². The van der Waals surface area contributed by atoms with Gasteiger partial charge in [0.05, 0.1) is 22.3 Å². The quantitative estimate of drug-likeness (QED) is 0.821. The molecule has 5 heteroatoms. The second-order valence-corrected chi connectivity index (χ2v) is 8.50. The van der Waals surface area contributed by atoms with Crippen LogP contribution < -0.4 is 0 Å². The van der Waals surface area contributed by atoms with Crippen LogP contribution in [0.1, 0.15) is 50.8 Å². The highest BCUT2D eigenvalue weighted by molar-refractivity contribution is 7.90. The molecule has 3 rings (SSSR count). The predicted molar refractivity (Wildman–Crippen MR) is 97.6 cm³/mol. The van der Waals surface area contributed by atoms with Gasteiger partial charge in [0.2, 0.25) is 0 Å². The largest absolute Gasteiger partial charge is 0.261 e. The molecule has 1 aromatic carbocycles. The van der Waals surface area contributed by atoms with Gasteiger partial charge in [0.25, 0.3) is 0 Å². The Kier molecular flexibility index (Phi) is 4.90. The van der Waals surface area contributed by atoms with E-state index in [0.29, 0.717) is 10.9 Å². The van der Waals surface area contributed by atoms with Crippen LogP contribution in [-0.4, -0.2) is 24.5 Å². The van der Waals surface area contributed by atoms with Crippen LogP contribution in [0, 0.1) is 0 Å². The van der Waals surface area contributed by atoms with E-state index in [1.54, 1.807) is 12.1 Å². The van der Waals surface area contributed by atoms with E-state index >= 15 is 0 Å². The van der Waals surface area contributed by atoms with E-state index in [1.807, 2.05) is 31.2 Å². The number of hydrogen-bond donors (Lipinski definition) is 0. The topological polar surface area (TPSA) is 52.0 Å². The summed E-state index contributed by atoms with van der Waals surface area (Å²) in [7, 11) is -3.17. The molecule has 4 nitrogen and oxygen atoms in total.